The predicted molar refractivity (Wildman–Crippen MR) is 161 cm³/mol. The zero-order valence-electron chi connectivity index (χ0n) is 25.2. The van der Waals surface area contributed by atoms with E-state index in [2.05, 4.69) is 49.7 Å². The van der Waals surface area contributed by atoms with Gasteiger partial charge >= 0.3 is 0 Å². The first-order valence-corrected chi connectivity index (χ1v) is 15.7. The van der Waals surface area contributed by atoms with Crippen LogP contribution in [0, 0.1) is 0 Å². The molecule has 0 bridgehead atoms. The molecule has 14 nitrogen and oxygen atoms in total. The van der Waals surface area contributed by atoms with Crippen LogP contribution in [0.1, 0.15) is 64.8 Å². The molecule has 3 aromatic rings. The lowest BCUT2D eigenvalue weighted by Crippen LogP contribution is -2.38. The molecule has 3 aromatic heterocycles. The fourth-order valence-electron chi connectivity index (χ4n) is 4.45. The molecule has 0 aliphatic rings. The third-order valence-corrected chi connectivity index (χ3v) is 7.53. The van der Waals surface area contributed by atoms with Gasteiger partial charge in [0.15, 0.2) is 23.2 Å². The fourth-order valence-corrected chi connectivity index (χ4v) is 5.11. The van der Waals surface area contributed by atoms with Crippen LogP contribution in [-0.2, 0) is 27.4 Å². The summed E-state index contributed by atoms with van der Waals surface area (Å²) in [5, 5.41) is 35.8. The second kappa shape index (κ2) is 16.7. The third-order valence-electron chi connectivity index (χ3n) is 6.87. The van der Waals surface area contributed by atoms with E-state index in [-0.39, 0.29) is 11.5 Å². The van der Waals surface area contributed by atoms with Gasteiger partial charge in [0.1, 0.15) is 18.1 Å². The minimum Gasteiger partial charge on any atom is -0.386 e. The zero-order chi connectivity index (χ0) is 30.5. The standard InChI is InChI=1S/C27H45N9O5S/c1-6-41-27(2,3)11-13-35-15-19(33-34-35)14-29-21(37)10-8-7-9-12-28-24-22-25(31-17-30-24)36(18-32-22)26(39)23(38)20(40-4)16-42-5/h15,17-18,20,23,26,38-39H,6-14,16H2,1-5H3,(H,29,37)(H,28,30,31)/t20-,23-,26-/m1/s1. The maximum absolute atomic E-state index is 12.3. The van der Waals surface area contributed by atoms with Gasteiger partial charge in [-0.2, -0.15) is 11.8 Å². The van der Waals surface area contributed by atoms with E-state index in [1.54, 1.807) is 4.68 Å². The molecule has 0 saturated heterocycles. The van der Waals surface area contributed by atoms with Crippen molar-refractivity contribution < 1.29 is 24.5 Å². The van der Waals surface area contributed by atoms with Crippen molar-refractivity contribution in [2.75, 3.05) is 37.6 Å². The van der Waals surface area contributed by atoms with Gasteiger partial charge in [-0.1, -0.05) is 11.6 Å². The lowest BCUT2D eigenvalue weighted by Gasteiger charge is -2.26. The predicted octanol–water partition coefficient (Wildman–Crippen LogP) is 2.14. The minimum atomic E-state index is -1.27. The van der Waals surface area contributed by atoms with Crippen molar-refractivity contribution in [1.82, 2.24) is 39.8 Å². The number of hydrogen-bond donors (Lipinski definition) is 4. The minimum absolute atomic E-state index is 0.0213. The Morgan fingerprint density at radius 3 is 2.74 bits per heavy atom. The first-order chi connectivity index (χ1) is 20.2. The first kappa shape index (κ1) is 33.6. The van der Waals surface area contributed by atoms with Crippen LogP contribution in [0.2, 0.25) is 0 Å². The first-order valence-electron chi connectivity index (χ1n) is 14.3. The second-order valence-corrected chi connectivity index (χ2v) is 11.5. The van der Waals surface area contributed by atoms with Crippen LogP contribution in [0.5, 0.6) is 0 Å². The van der Waals surface area contributed by atoms with Gasteiger partial charge < -0.3 is 30.3 Å². The van der Waals surface area contributed by atoms with Crippen LogP contribution in [0.4, 0.5) is 5.82 Å². The summed E-state index contributed by atoms with van der Waals surface area (Å²) in [6, 6.07) is 0. The number of anilines is 1. The zero-order valence-corrected chi connectivity index (χ0v) is 26.0. The number of thioether (sulfide) groups is 1. The quantitative estimate of drug-likeness (QED) is 0.138. The number of methoxy groups -OCH3 is 1. The van der Waals surface area contributed by atoms with Crippen molar-refractivity contribution in [1.29, 1.82) is 0 Å². The summed E-state index contributed by atoms with van der Waals surface area (Å²) in [5.74, 6) is 1.05. The molecule has 3 heterocycles. The molecule has 0 fully saturated rings. The van der Waals surface area contributed by atoms with Gasteiger partial charge in [0, 0.05) is 39.0 Å². The van der Waals surface area contributed by atoms with Crippen molar-refractivity contribution >= 4 is 34.7 Å². The average Bonchev–Trinajstić information content (AvgIpc) is 3.62. The summed E-state index contributed by atoms with van der Waals surface area (Å²) < 4.78 is 14.2. The van der Waals surface area contributed by atoms with E-state index >= 15 is 0 Å². The Kier molecular flexibility index (Phi) is 13.4. The molecule has 42 heavy (non-hydrogen) atoms. The molecule has 0 aliphatic heterocycles. The molecule has 0 radical (unpaired) electrons. The molecule has 0 spiro atoms. The largest absolute Gasteiger partial charge is 0.386 e. The van der Waals surface area contributed by atoms with Crippen LogP contribution >= 0.6 is 11.8 Å². The van der Waals surface area contributed by atoms with Crippen molar-refractivity contribution in [3.8, 4) is 0 Å². The Balaban J connectivity index is 1.37. The number of hydrogen-bond acceptors (Lipinski definition) is 12. The van der Waals surface area contributed by atoms with E-state index < -0.39 is 18.4 Å². The van der Waals surface area contributed by atoms with E-state index in [0.717, 1.165) is 31.4 Å². The van der Waals surface area contributed by atoms with Crippen LogP contribution in [0.25, 0.3) is 11.2 Å². The summed E-state index contributed by atoms with van der Waals surface area (Å²) in [7, 11) is 1.50. The Hall–Kier alpha value is -2.85. The number of unbranched alkanes of at least 4 members (excludes halogenated alkanes) is 2. The molecule has 1 amide bonds. The van der Waals surface area contributed by atoms with Gasteiger partial charge in [-0.15, -0.1) is 5.10 Å². The van der Waals surface area contributed by atoms with Crippen molar-refractivity contribution in [2.45, 2.75) is 90.0 Å². The number of carbonyl (C=O) groups excluding carboxylic acids is 1. The van der Waals surface area contributed by atoms with Crippen LogP contribution in [0.3, 0.4) is 0 Å². The van der Waals surface area contributed by atoms with Crippen LogP contribution in [-0.4, -0.2) is 101 Å². The number of aromatic nitrogens is 7. The third kappa shape index (κ3) is 9.87. The summed E-state index contributed by atoms with van der Waals surface area (Å²) >= 11 is 1.52. The second-order valence-electron chi connectivity index (χ2n) is 10.6. The molecule has 3 rings (SSSR count). The maximum atomic E-state index is 12.3. The Morgan fingerprint density at radius 2 is 2.00 bits per heavy atom. The molecule has 3 atom stereocenters. The maximum Gasteiger partial charge on any atom is 0.220 e. The number of carbonyl (C=O) groups is 1. The highest BCUT2D eigenvalue weighted by Gasteiger charge is 2.29. The number of fused-ring (bicyclic) bond motifs is 1. The van der Waals surface area contributed by atoms with Crippen molar-refractivity contribution in [2.24, 2.45) is 0 Å². The van der Waals surface area contributed by atoms with E-state index in [4.69, 9.17) is 9.47 Å². The molecule has 234 valence electrons. The van der Waals surface area contributed by atoms with E-state index in [1.165, 1.54) is 36.1 Å². The lowest BCUT2D eigenvalue weighted by atomic mass is 10.1. The number of nitrogens with zero attached hydrogens (tertiary/aromatic N) is 7. The van der Waals surface area contributed by atoms with Gasteiger partial charge in [-0.05, 0) is 46.3 Å². The summed E-state index contributed by atoms with van der Waals surface area (Å²) in [5.41, 5.74) is 1.41. The van der Waals surface area contributed by atoms with Crippen LogP contribution < -0.4 is 10.6 Å². The van der Waals surface area contributed by atoms with E-state index in [9.17, 15) is 15.0 Å². The fraction of sp³-hybridized carbons (Fsp3) is 0.704. The Bertz CT molecular complexity index is 1240. The van der Waals surface area contributed by atoms with Crippen molar-refractivity contribution in [3.63, 3.8) is 0 Å². The molecular weight excluding hydrogens is 562 g/mol. The SMILES string of the molecule is CCOC(C)(C)CCn1cc(CNC(=O)CCCCCNc2ncnc3c2ncn3[C@H](O)[C@H](O)[C@@H](CSC)OC)nn1. The molecule has 15 heteroatoms. The summed E-state index contributed by atoms with van der Waals surface area (Å²) in [4.78, 5) is 25.2. The normalized spacial score (nSPS) is 14.2. The highest BCUT2D eigenvalue weighted by molar-refractivity contribution is 7.98. The summed E-state index contributed by atoms with van der Waals surface area (Å²) in [6.07, 6.45) is 7.30. The number of imidazole rings is 1. The number of aryl methyl sites for hydroxylation is 1. The monoisotopic (exact) mass is 607 g/mol. The number of aliphatic hydroxyl groups is 2. The van der Waals surface area contributed by atoms with Gasteiger partial charge in [-0.3, -0.25) is 14.0 Å². The molecule has 0 unspecified atom stereocenters. The van der Waals surface area contributed by atoms with Gasteiger partial charge in [-0.25, -0.2) is 15.0 Å². The van der Waals surface area contributed by atoms with Gasteiger partial charge in [0.05, 0.1) is 30.8 Å². The lowest BCUT2D eigenvalue weighted by molar-refractivity contribution is -0.121. The van der Waals surface area contributed by atoms with E-state index in [0.29, 0.717) is 55.4 Å². The highest BCUT2D eigenvalue weighted by Crippen LogP contribution is 2.24. The molecule has 0 aromatic carbocycles. The molecular formula is C27H45N9O5S. The smallest absolute Gasteiger partial charge is 0.220 e. The molecule has 0 aliphatic carbocycles. The highest BCUT2D eigenvalue weighted by atomic mass is 32.2. The number of ether oxygens (including phenoxy) is 2. The summed E-state index contributed by atoms with van der Waals surface area (Å²) in [6.45, 7) is 8.44. The van der Waals surface area contributed by atoms with Gasteiger partial charge in [0.25, 0.3) is 0 Å². The number of rotatable bonds is 20. The average molecular weight is 608 g/mol. The number of aliphatic hydroxyl groups excluding tert-OH is 2. The Morgan fingerprint density at radius 1 is 1.19 bits per heavy atom. The van der Waals surface area contributed by atoms with Crippen molar-refractivity contribution in [3.05, 3.63) is 24.5 Å². The van der Waals surface area contributed by atoms with E-state index in [1.807, 2.05) is 19.4 Å². The molecule has 4 N–H and O–H groups in total. The molecule has 0 saturated carbocycles. The van der Waals surface area contributed by atoms with Gasteiger partial charge in [0.2, 0.25) is 5.91 Å². The Labute approximate surface area is 251 Å². The number of nitrogens with one attached hydrogen (secondary N) is 2. The van der Waals surface area contributed by atoms with Crippen LogP contribution in [0.15, 0.2) is 18.9 Å². The topological polar surface area (TPSA) is 174 Å². The number of amides is 1.